The van der Waals surface area contributed by atoms with Crippen LogP contribution in [-0.2, 0) is 9.47 Å². The van der Waals surface area contributed by atoms with Crippen LogP contribution in [0.25, 0.3) is 0 Å². The van der Waals surface area contributed by atoms with E-state index in [2.05, 4.69) is 15.9 Å². The lowest BCUT2D eigenvalue weighted by molar-refractivity contribution is 0.0327. The molecule has 0 N–H and O–H groups in total. The van der Waals surface area contributed by atoms with Crippen molar-refractivity contribution in [2.75, 3.05) is 47.1 Å². The minimum atomic E-state index is 0.0505. The molecular weight excluding hydrogens is 362 g/mol. The second kappa shape index (κ2) is 9.25. The number of carbonyl (C=O) groups excluding carboxylic acids is 1. The first-order valence-corrected chi connectivity index (χ1v) is 8.64. The van der Waals surface area contributed by atoms with Gasteiger partial charge in [0.1, 0.15) is 5.75 Å². The van der Waals surface area contributed by atoms with Gasteiger partial charge >= 0.3 is 0 Å². The Morgan fingerprint density at radius 1 is 1.26 bits per heavy atom. The van der Waals surface area contributed by atoms with E-state index in [1.807, 2.05) is 17.0 Å². The molecule has 1 aromatic carbocycles. The minimum absolute atomic E-state index is 0.0505. The number of rotatable bonds is 7. The van der Waals surface area contributed by atoms with Crippen molar-refractivity contribution < 1.29 is 19.0 Å². The van der Waals surface area contributed by atoms with Gasteiger partial charge < -0.3 is 19.1 Å². The van der Waals surface area contributed by atoms with Crippen LogP contribution in [0.5, 0.6) is 5.75 Å². The van der Waals surface area contributed by atoms with Gasteiger partial charge in [0.05, 0.1) is 25.9 Å². The molecule has 0 saturated carbocycles. The van der Waals surface area contributed by atoms with Crippen LogP contribution >= 0.6 is 15.9 Å². The van der Waals surface area contributed by atoms with Crippen LogP contribution in [0.2, 0.25) is 0 Å². The molecule has 5 nitrogen and oxygen atoms in total. The Hall–Kier alpha value is -1.11. The quantitative estimate of drug-likeness (QED) is 0.676. The molecule has 0 aliphatic carbocycles. The number of nitrogens with zero attached hydrogens (tertiary/aromatic N) is 1. The summed E-state index contributed by atoms with van der Waals surface area (Å²) in [5.74, 6) is 1.26. The summed E-state index contributed by atoms with van der Waals surface area (Å²) in [6.07, 6.45) is 1.95. The molecule has 1 heterocycles. The zero-order chi connectivity index (χ0) is 16.7. The number of halogens is 1. The third-order valence-corrected chi connectivity index (χ3v) is 4.78. The molecule has 0 bridgehead atoms. The van der Waals surface area contributed by atoms with Gasteiger partial charge in [0.15, 0.2) is 0 Å². The number of piperidine rings is 1. The highest BCUT2D eigenvalue weighted by molar-refractivity contribution is 9.10. The third kappa shape index (κ3) is 5.19. The average molecular weight is 386 g/mol. The van der Waals surface area contributed by atoms with E-state index in [0.29, 0.717) is 30.4 Å². The molecule has 0 unspecified atom stereocenters. The van der Waals surface area contributed by atoms with Gasteiger partial charge in [-0.1, -0.05) is 0 Å². The van der Waals surface area contributed by atoms with Crippen LogP contribution in [-0.4, -0.2) is 57.9 Å². The maximum Gasteiger partial charge on any atom is 0.255 e. The zero-order valence-corrected chi connectivity index (χ0v) is 15.3. The molecular formula is C17H24BrNO4. The van der Waals surface area contributed by atoms with E-state index in [-0.39, 0.29) is 5.91 Å². The number of carbonyl (C=O) groups is 1. The number of hydrogen-bond donors (Lipinski definition) is 0. The highest BCUT2D eigenvalue weighted by atomic mass is 79.9. The Morgan fingerprint density at radius 3 is 2.65 bits per heavy atom. The second-order valence-electron chi connectivity index (χ2n) is 5.65. The molecule has 0 radical (unpaired) electrons. The lowest BCUT2D eigenvalue weighted by Crippen LogP contribution is -2.39. The van der Waals surface area contributed by atoms with Crippen LogP contribution < -0.4 is 4.74 Å². The summed E-state index contributed by atoms with van der Waals surface area (Å²) in [7, 11) is 3.27. The van der Waals surface area contributed by atoms with Crippen molar-refractivity contribution in [1.29, 1.82) is 0 Å². The van der Waals surface area contributed by atoms with E-state index in [4.69, 9.17) is 14.2 Å². The van der Waals surface area contributed by atoms with Gasteiger partial charge in [0.2, 0.25) is 0 Å². The van der Waals surface area contributed by atoms with Gasteiger partial charge in [-0.2, -0.15) is 0 Å². The van der Waals surface area contributed by atoms with E-state index < -0.39 is 0 Å². The summed E-state index contributed by atoms with van der Waals surface area (Å²) in [5.41, 5.74) is 0.652. The van der Waals surface area contributed by atoms with Crippen LogP contribution in [0.15, 0.2) is 22.7 Å². The number of benzene rings is 1. The Morgan fingerprint density at radius 2 is 2.00 bits per heavy atom. The van der Waals surface area contributed by atoms with Crippen molar-refractivity contribution in [3.63, 3.8) is 0 Å². The fraction of sp³-hybridized carbons (Fsp3) is 0.588. The SMILES string of the molecule is COCCOCC1CCN(C(=O)c2cc(OC)ccc2Br)CC1. The third-order valence-electron chi connectivity index (χ3n) is 4.09. The van der Waals surface area contributed by atoms with Gasteiger partial charge in [-0.25, -0.2) is 0 Å². The van der Waals surface area contributed by atoms with Crippen molar-refractivity contribution in [2.24, 2.45) is 5.92 Å². The van der Waals surface area contributed by atoms with Gasteiger partial charge in [-0.15, -0.1) is 0 Å². The van der Waals surface area contributed by atoms with Gasteiger partial charge in [0.25, 0.3) is 5.91 Å². The summed E-state index contributed by atoms with van der Waals surface area (Å²) < 4.78 is 16.6. The predicted molar refractivity (Wildman–Crippen MR) is 92.0 cm³/mol. The molecule has 1 fully saturated rings. The Labute approximate surface area is 146 Å². The maximum atomic E-state index is 12.7. The molecule has 6 heteroatoms. The van der Waals surface area contributed by atoms with Gasteiger partial charge in [-0.05, 0) is 52.9 Å². The van der Waals surface area contributed by atoms with Crippen molar-refractivity contribution in [3.05, 3.63) is 28.2 Å². The highest BCUT2D eigenvalue weighted by Gasteiger charge is 2.25. The lowest BCUT2D eigenvalue weighted by Gasteiger charge is -2.32. The maximum absolute atomic E-state index is 12.7. The van der Waals surface area contributed by atoms with Crippen molar-refractivity contribution >= 4 is 21.8 Å². The topological polar surface area (TPSA) is 48.0 Å². The normalized spacial score (nSPS) is 15.7. The molecule has 1 aromatic rings. The van der Waals surface area contributed by atoms with Crippen LogP contribution in [0.1, 0.15) is 23.2 Å². The van der Waals surface area contributed by atoms with E-state index in [1.54, 1.807) is 20.3 Å². The van der Waals surface area contributed by atoms with Gasteiger partial charge in [0, 0.05) is 31.3 Å². The van der Waals surface area contributed by atoms with E-state index in [0.717, 1.165) is 37.0 Å². The molecule has 0 spiro atoms. The number of methoxy groups -OCH3 is 2. The fourth-order valence-electron chi connectivity index (χ4n) is 2.66. The second-order valence-corrected chi connectivity index (χ2v) is 6.50. The first-order valence-electron chi connectivity index (χ1n) is 7.85. The van der Waals surface area contributed by atoms with Gasteiger partial charge in [-0.3, -0.25) is 4.79 Å². The largest absolute Gasteiger partial charge is 0.497 e. The smallest absolute Gasteiger partial charge is 0.255 e. The minimum Gasteiger partial charge on any atom is -0.497 e. The monoisotopic (exact) mass is 385 g/mol. The molecule has 1 aliphatic rings. The van der Waals surface area contributed by atoms with E-state index in [9.17, 15) is 4.79 Å². The summed E-state index contributed by atoms with van der Waals surface area (Å²) in [5, 5.41) is 0. The molecule has 128 valence electrons. The number of hydrogen-bond acceptors (Lipinski definition) is 4. The summed E-state index contributed by atoms with van der Waals surface area (Å²) in [6.45, 7) is 3.53. The first-order chi connectivity index (χ1) is 11.2. The average Bonchev–Trinajstić information content (AvgIpc) is 2.59. The van der Waals surface area contributed by atoms with Crippen LogP contribution in [0.4, 0.5) is 0 Å². The Kier molecular flexibility index (Phi) is 7.33. The van der Waals surface area contributed by atoms with Crippen LogP contribution in [0, 0.1) is 5.92 Å². The first kappa shape index (κ1) is 18.2. The molecule has 1 saturated heterocycles. The standard InChI is InChI=1S/C17H24BrNO4/c1-21-9-10-23-12-13-5-7-19(8-6-13)17(20)15-11-14(22-2)3-4-16(15)18/h3-4,11,13H,5-10,12H2,1-2H3. The molecule has 0 atom stereocenters. The molecule has 2 rings (SSSR count). The number of likely N-dealkylation sites (tertiary alicyclic amines) is 1. The summed E-state index contributed by atoms with van der Waals surface area (Å²) in [6, 6.07) is 5.47. The molecule has 1 aliphatic heterocycles. The van der Waals surface area contributed by atoms with Crippen molar-refractivity contribution in [3.8, 4) is 5.75 Å². The van der Waals surface area contributed by atoms with E-state index >= 15 is 0 Å². The fourth-order valence-corrected chi connectivity index (χ4v) is 3.08. The van der Waals surface area contributed by atoms with Crippen LogP contribution in [0.3, 0.4) is 0 Å². The lowest BCUT2D eigenvalue weighted by atomic mass is 9.97. The summed E-state index contributed by atoms with van der Waals surface area (Å²) in [4.78, 5) is 14.6. The summed E-state index contributed by atoms with van der Waals surface area (Å²) >= 11 is 3.45. The Balaban J connectivity index is 1.86. The number of amides is 1. The Bertz CT molecular complexity index is 515. The van der Waals surface area contributed by atoms with Crippen molar-refractivity contribution in [2.45, 2.75) is 12.8 Å². The highest BCUT2D eigenvalue weighted by Crippen LogP contribution is 2.26. The molecule has 1 amide bonds. The molecule has 23 heavy (non-hydrogen) atoms. The zero-order valence-electron chi connectivity index (χ0n) is 13.7. The van der Waals surface area contributed by atoms with E-state index in [1.165, 1.54) is 0 Å². The number of ether oxygens (including phenoxy) is 3. The predicted octanol–water partition coefficient (Wildman–Crippen LogP) is 2.97. The molecule has 0 aromatic heterocycles. The van der Waals surface area contributed by atoms with Crippen molar-refractivity contribution in [1.82, 2.24) is 4.90 Å².